The Balaban J connectivity index is 1.84. The third-order valence-electron chi connectivity index (χ3n) is 4.41. The summed E-state index contributed by atoms with van der Waals surface area (Å²) >= 11 is 6.05. The number of ether oxygens (including phenoxy) is 2. The van der Waals surface area contributed by atoms with Gasteiger partial charge in [0, 0.05) is 35.9 Å². The van der Waals surface area contributed by atoms with Gasteiger partial charge in [-0.1, -0.05) is 24.9 Å². The lowest BCUT2D eigenvalue weighted by Gasteiger charge is -2.46. The molecule has 0 radical (unpaired) electrons. The van der Waals surface area contributed by atoms with Gasteiger partial charge in [-0.3, -0.25) is 0 Å². The lowest BCUT2D eigenvalue weighted by molar-refractivity contribution is -0.103. The van der Waals surface area contributed by atoms with Gasteiger partial charge < -0.3 is 15.2 Å². The van der Waals surface area contributed by atoms with Gasteiger partial charge in [0.05, 0.1) is 12.7 Å². The van der Waals surface area contributed by atoms with Crippen LogP contribution in [0.25, 0.3) is 0 Å². The second-order valence-electron chi connectivity index (χ2n) is 6.01. The van der Waals surface area contributed by atoms with Crippen LogP contribution in [0.1, 0.15) is 50.6 Å². The summed E-state index contributed by atoms with van der Waals surface area (Å²) in [5.74, 6) is 0.894. The van der Waals surface area contributed by atoms with Crippen LogP contribution in [0.15, 0.2) is 18.2 Å². The molecule has 3 rings (SSSR count). The fourth-order valence-corrected chi connectivity index (χ4v) is 3.64. The Morgan fingerprint density at radius 1 is 1.40 bits per heavy atom. The van der Waals surface area contributed by atoms with Crippen LogP contribution in [-0.2, 0) is 4.74 Å². The molecule has 1 fully saturated rings. The molecule has 0 saturated carbocycles. The molecule has 0 bridgehead atoms. The zero-order chi connectivity index (χ0) is 14.2. The van der Waals surface area contributed by atoms with E-state index >= 15 is 0 Å². The Labute approximate surface area is 125 Å². The van der Waals surface area contributed by atoms with E-state index in [4.69, 9.17) is 26.8 Å². The van der Waals surface area contributed by atoms with E-state index in [1.807, 2.05) is 18.2 Å². The monoisotopic (exact) mass is 295 g/mol. The lowest BCUT2D eigenvalue weighted by atomic mass is 9.79. The second-order valence-corrected chi connectivity index (χ2v) is 6.45. The zero-order valence-corrected chi connectivity index (χ0v) is 12.7. The summed E-state index contributed by atoms with van der Waals surface area (Å²) in [6.45, 7) is 2.95. The molecule has 1 aromatic rings. The minimum atomic E-state index is -0.154. The van der Waals surface area contributed by atoms with Crippen LogP contribution in [0.4, 0.5) is 0 Å². The van der Waals surface area contributed by atoms with Crippen LogP contribution < -0.4 is 10.5 Å². The summed E-state index contributed by atoms with van der Waals surface area (Å²) in [6, 6.07) is 5.74. The summed E-state index contributed by atoms with van der Waals surface area (Å²) in [5.41, 5.74) is 7.24. The summed E-state index contributed by atoms with van der Waals surface area (Å²) < 4.78 is 12.2. The van der Waals surface area contributed by atoms with Crippen molar-refractivity contribution in [2.75, 3.05) is 6.61 Å². The highest BCUT2D eigenvalue weighted by atomic mass is 35.5. The summed E-state index contributed by atoms with van der Waals surface area (Å²) in [5, 5.41) is 0.717. The largest absolute Gasteiger partial charge is 0.487 e. The van der Waals surface area contributed by atoms with E-state index in [9.17, 15) is 0 Å². The van der Waals surface area contributed by atoms with E-state index < -0.39 is 0 Å². The Morgan fingerprint density at radius 2 is 2.25 bits per heavy atom. The molecular formula is C16H22ClNO2. The maximum Gasteiger partial charge on any atom is 0.125 e. The van der Waals surface area contributed by atoms with E-state index in [1.54, 1.807) is 0 Å². The SMILES string of the molecule is CCCC1CC2(CCO1)C[C@@H](N)c1cc(Cl)ccc1O2. The molecule has 1 aromatic carbocycles. The lowest BCUT2D eigenvalue weighted by Crippen LogP contribution is -2.49. The van der Waals surface area contributed by atoms with Gasteiger partial charge in [-0.2, -0.15) is 0 Å². The number of hydrogen-bond acceptors (Lipinski definition) is 3. The van der Waals surface area contributed by atoms with E-state index in [-0.39, 0.29) is 11.6 Å². The summed E-state index contributed by atoms with van der Waals surface area (Å²) in [7, 11) is 0. The minimum Gasteiger partial charge on any atom is -0.487 e. The molecule has 2 aliphatic heterocycles. The third kappa shape index (κ3) is 2.67. The first-order chi connectivity index (χ1) is 9.62. The van der Waals surface area contributed by atoms with Gasteiger partial charge in [-0.25, -0.2) is 0 Å². The summed E-state index contributed by atoms with van der Waals surface area (Å²) in [4.78, 5) is 0. The van der Waals surface area contributed by atoms with Gasteiger partial charge in [-0.05, 0) is 24.6 Å². The molecule has 3 nitrogen and oxygen atoms in total. The highest BCUT2D eigenvalue weighted by Gasteiger charge is 2.43. The molecule has 20 heavy (non-hydrogen) atoms. The number of halogens is 1. The molecule has 110 valence electrons. The standard InChI is InChI=1S/C16H22ClNO2/c1-2-3-12-9-16(6-7-19-12)10-14(18)13-8-11(17)4-5-15(13)20-16/h4-5,8,12,14H,2-3,6-7,9-10,18H2,1H3/t12?,14-,16?/m1/s1. The Morgan fingerprint density at radius 3 is 3.05 bits per heavy atom. The molecule has 0 aromatic heterocycles. The summed E-state index contributed by atoms with van der Waals surface area (Å²) in [6.07, 6.45) is 5.24. The minimum absolute atomic E-state index is 0.00201. The van der Waals surface area contributed by atoms with E-state index in [1.165, 1.54) is 0 Å². The van der Waals surface area contributed by atoms with Crippen LogP contribution in [0, 0.1) is 0 Å². The van der Waals surface area contributed by atoms with Gasteiger partial charge in [0.2, 0.25) is 0 Å². The maximum atomic E-state index is 6.36. The first-order valence-corrected chi connectivity index (χ1v) is 7.85. The molecule has 1 saturated heterocycles. The number of rotatable bonds is 2. The molecular weight excluding hydrogens is 274 g/mol. The van der Waals surface area contributed by atoms with Crippen LogP contribution >= 0.6 is 11.6 Å². The quantitative estimate of drug-likeness (QED) is 0.901. The average Bonchev–Trinajstić information content (AvgIpc) is 2.40. The van der Waals surface area contributed by atoms with Crippen molar-refractivity contribution in [3.05, 3.63) is 28.8 Å². The molecule has 1 spiro atoms. The molecule has 2 aliphatic rings. The van der Waals surface area contributed by atoms with Crippen molar-refractivity contribution < 1.29 is 9.47 Å². The average molecular weight is 296 g/mol. The first kappa shape index (κ1) is 14.2. The van der Waals surface area contributed by atoms with Crippen molar-refractivity contribution >= 4 is 11.6 Å². The van der Waals surface area contributed by atoms with Crippen LogP contribution in [0.2, 0.25) is 5.02 Å². The van der Waals surface area contributed by atoms with Crippen molar-refractivity contribution in [1.29, 1.82) is 0 Å². The van der Waals surface area contributed by atoms with Crippen molar-refractivity contribution in [2.24, 2.45) is 5.73 Å². The van der Waals surface area contributed by atoms with Crippen molar-refractivity contribution in [3.63, 3.8) is 0 Å². The Kier molecular flexibility index (Phi) is 3.93. The van der Waals surface area contributed by atoms with Gasteiger partial charge in [0.25, 0.3) is 0 Å². The van der Waals surface area contributed by atoms with Crippen molar-refractivity contribution in [1.82, 2.24) is 0 Å². The second kappa shape index (κ2) is 5.55. The van der Waals surface area contributed by atoms with Gasteiger partial charge in [-0.15, -0.1) is 0 Å². The maximum absolute atomic E-state index is 6.36. The molecule has 4 heteroatoms. The Bertz CT molecular complexity index is 491. The molecule has 2 N–H and O–H groups in total. The number of benzene rings is 1. The van der Waals surface area contributed by atoms with E-state index in [0.717, 1.165) is 55.0 Å². The molecule has 0 aliphatic carbocycles. The topological polar surface area (TPSA) is 44.5 Å². The van der Waals surface area contributed by atoms with Crippen molar-refractivity contribution in [3.8, 4) is 5.75 Å². The zero-order valence-electron chi connectivity index (χ0n) is 11.9. The highest BCUT2D eigenvalue weighted by Crippen LogP contribution is 2.45. The number of fused-ring (bicyclic) bond motifs is 1. The van der Waals surface area contributed by atoms with Gasteiger partial charge in [0.1, 0.15) is 11.4 Å². The molecule has 2 heterocycles. The third-order valence-corrected chi connectivity index (χ3v) is 4.65. The number of hydrogen-bond donors (Lipinski definition) is 1. The fraction of sp³-hybridized carbons (Fsp3) is 0.625. The van der Waals surface area contributed by atoms with E-state index in [0.29, 0.717) is 6.10 Å². The normalized spacial score (nSPS) is 32.8. The molecule has 2 unspecified atom stereocenters. The Hall–Kier alpha value is -0.770. The molecule has 0 amide bonds. The van der Waals surface area contributed by atoms with Crippen LogP contribution in [0.3, 0.4) is 0 Å². The van der Waals surface area contributed by atoms with Gasteiger partial charge in [0.15, 0.2) is 0 Å². The van der Waals surface area contributed by atoms with Crippen LogP contribution in [-0.4, -0.2) is 18.3 Å². The number of nitrogens with two attached hydrogens (primary N) is 1. The highest BCUT2D eigenvalue weighted by molar-refractivity contribution is 6.30. The van der Waals surface area contributed by atoms with Gasteiger partial charge >= 0.3 is 0 Å². The van der Waals surface area contributed by atoms with E-state index in [2.05, 4.69) is 6.92 Å². The first-order valence-electron chi connectivity index (χ1n) is 7.47. The van der Waals surface area contributed by atoms with Crippen molar-refractivity contribution in [2.45, 2.75) is 56.8 Å². The predicted molar refractivity (Wildman–Crippen MR) is 80.2 cm³/mol. The smallest absolute Gasteiger partial charge is 0.125 e. The predicted octanol–water partition coefficient (Wildman–Crippen LogP) is 3.84. The molecule has 3 atom stereocenters. The van der Waals surface area contributed by atoms with Crippen LogP contribution in [0.5, 0.6) is 5.75 Å². The fourth-order valence-electron chi connectivity index (χ4n) is 3.46.